The highest BCUT2D eigenvalue weighted by molar-refractivity contribution is 6.01. The summed E-state index contributed by atoms with van der Waals surface area (Å²) in [5, 5.41) is 9.37. The summed E-state index contributed by atoms with van der Waals surface area (Å²) in [5.41, 5.74) is 2.38. The quantitative estimate of drug-likeness (QED) is 0.932. The number of nitrogens with zero attached hydrogens (tertiary/aromatic N) is 2. The minimum absolute atomic E-state index is 0.322. The number of hydrogen-bond donors (Lipinski definition) is 1. The van der Waals surface area contributed by atoms with Gasteiger partial charge < -0.3 is 9.67 Å². The lowest BCUT2D eigenvalue weighted by atomic mass is 10.1. The minimum Gasteiger partial charge on any atom is -0.478 e. The molecule has 2 fully saturated rings. The summed E-state index contributed by atoms with van der Waals surface area (Å²) in [4.78, 5) is 16.1. The third-order valence-electron chi connectivity index (χ3n) is 5.10. The smallest absolute Gasteiger partial charge is 0.337 e. The molecule has 1 atom stereocenters. The van der Waals surface area contributed by atoms with Gasteiger partial charge in [0, 0.05) is 12.5 Å². The van der Waals surface area contributed by atoms with Crippen LogP contribution in [-0.2, 0) is 6.54 Å². The van der Waals surface area contributed by atoms with E-state index in [1.165, 1.54) is 19.3 Å². The van der Waals surface area contributed by atoms with Gasteiger partial charge in [-0.25, -0.2) is 9.78 Å². The van der Waals surface area contributed by atoms with Crippen molar-refractivity contribution >= 4 is 17.0 Å². The number of fused-ring (bicyclic) bond motifs is 1. The summed E-state index contributed by atoms with van der Waals surface area (Å²) in [6.45, 7) is 5.57. The summed E-state index contributed by atoms with van der Waals surface area (Å²) in [7, 11) is 0. The molecule has 0 spiro atoms. The zero-order valence-electron chi connectivity index (χ0n) is 12.5. The van der Waals surface area contributed by atoms with Crippen molar-refractivity contribution in [2.24, 2.45) is 11.3 Å². The number of carboxylic acid groups (broad SMARTS) is 1. The van der Waals surface area contributed by atoms with Gasteiger partial charge in [-0.15, -0.1) is 0 Å². The van der Waals surface area contributed by atoms with Crippen LogP contribution in [0.2, 0.25) is 0 Å². The molecule has 1 aromatic heterocycles. The van der Waals surface area contributed by atoms with Crippen molar-refractivity contribution in [1.82, 2.24) is 9.55 Å². The number of carboxylic acids is 1. The van der Waals surface area contributed by atoms with Crippen LogP contribution in [0.15, 0.2) is 18.2 Å². The summed E-state index contributed by atoms with van der Waals surface area (Å²) >= 11 is 0. The number of hydrogen-bond acceptors (Lipinski definition) is 2. The number of carbonyl (C=O) groups is 1. The van der Waals surface area contributed by atoms with E-state index in [1.54, 1.807) is 6.07 Å². The molecule has 2 saturated carbocycles. The van der Waals surface area contributed by atoms with E-state index in [4.69, 9.17) is 4.98 Å². The Balaban J connectivity index is 1.85. The van der Waals surface area contributed by atoms with Crippen molar-refractivity contribution in [3.63, 3.8) is 0 Å². The number of para-hydroxylation sites is 1. The van der Waals surface area contributed by atoms with E-state index >= 15 is 0 Å². The number of aromatic nitrogens is 2. The van der Waals surface area contributed by atoms with Gasteiger partial charge in [0.05, 0.1) is 11.1 Å². The van der Waals surface area contributed by atoms with Gasteiger partial charge in [0.2, 0.25) is 0 Å². The summed E-state index contributed by atoms with van der Waals surface area (Å²) in [5.74, 6) is 1.42. The largest absolute Gasteiger partial charge is 0.478 e. The Morgan fingerprint density at radius 2 is 2.14 bits per heavy atom. The van der Waals surface area contributed by atoms with Crippen LogP contribution in [0.25, 0.3) is 11.0 Å². The second kappa shape index (κ2) is 4.09. The van der Waals surface area contributed by atoms with Crippen molar-refractivity contribution in [3.05, 3.63) is 29.6 Å². The Hall–Kier alpha value is -1.84. The van der Waals surface area contributed by atoms with Gasteiger partial charge in [-0.1, -0.05) is 19.9 Å². The van der Waals surface area contributed by atoms with Crippen molar-refractivity contribution in [1.29, 1.82) is 0 Å². The van der Waals surface area contributed by atoms with Crippen LogP contribution in [-0.4, -0.2) is 20.6 Å². The third-order valence-corrected chi connectivity index (χ3v) is 5.10. The zero-order valence-corrected chi connectivity index (χ0v) is 12.5. The van der Waals surface area contributed by atoms with Crippen molar-refractivity contribution in [3.8, 4) is 0 Å². The molecule has 4 nitrogen and oxygen atoms in total. The first-order chi connectivity index (χ1) is 9.97. The van der Waals surface area contributed by atoms with Crippen molar-refractivity contribution < 1.29 is 9.90 Å². The number of rotatable bonds is 4. The van der Waals surface area contributed by atoms with E-state index in [9.17, 15) is 9.90 Å². The monoisotopic (exact) mass is 284 g/mol. The minimum atomic E-state index is -0.889. The maximum absolute atomic E-state index is 11.4. The molecule has 1 unspecified atom stereocenters. The highest BCUT2D eigenvalue weighted by Crippen LogP contribution is 2.53. The van der Waals surface area contributed by atoms with Gasteiger partial charge in [-0.05, 0) is 42.7 Å². The normalized spacial score (nSPS) is 23.4. The van der Waals surface area contributed by atoms with Gasteiger partial charge in [0.25, 0.3) is 0 Å². The predicted octanol–water partition coefficient (Wildman–Crippen LogP) is 3.66. The topological polar surface area (TPSA) is 55.1 Å². The molecule has 21 heavy (non-hydrogen) atoms. The fourth-order valence-corrected chi connectivity index (χ4v) is 3.29. The molecular weight excluding hydrogens is 264 g/mol. The molecule has 2 aliphatic carbocycles. The SMILES string of the molecule is CC1(C)CC1Cn1c(C2CC2)nc2c(C(=O)O)cccc21. The lowest BCUT2D eigenvalue weighted by molar-refractivity contribution is 0.0699. The summed E-state index contributed by atoms with van der Waals surface area (Å²) in [6, 6.07) is 5.49. The molecule has 4 heteroatoms. The highest BCUT2D eigenvalue weighted by atomic mass is 16.4. The zero-order chi connectivity index (χ0) is 14.8. The van der Waals surface area contributed by atoms with E-state index in [2.05, 4.69) is 18.4 Å². The van der Waals surface area contributed by atoms with Crippen LogP contribution in [0.1, 0.15) is 55.2 Å². The molecule has 2 aliphatic rings. The Morgan fingerprint density at radius 3 is 2.71 bits per heavy atom. The molecule has 0 saturated heterocycles. The molecule has 110 valence electrons. The highest BCUT2D eigenvalue weighted by Gasteiger charge is 2.46. The average molecular weight is 284 g/mol. The molecule has 0 amide bonds. The Bertz CT molecular complexity index is 741. The molecule has 0 radical (unpaired) electrons. The van der Waals surface area contributed by atoms with E-state index in [1.807, 2.05) is 12.1 Å². The van der Waals surface area contributed by atoms with E-state index in [0.29, 0.717) is 28.3 Å². The Morgan fingerprint density at radius 1 is 1.43 bits per heavy atom. The number of imidazole rings is 1. The third kappa shape index (κ3) is 2.04. The molecule has 0 bridgehead atoms. The first-order valence-electron chi connectivity index (χ1n) is 7.70. The van der Waals surface area contributed by atoms with Crippen LogP contribution in [0.3, 0.4) is 0 Å². The Labute approximate surface area is 123 Å². The molecule has 1 aromatic carbocycles. The fourth-order valence-electron chi connectivity index (χ4n) is 3.29. The molecule has 0 aliphatic heterocycles. The number of benzene rings is 1. The van der Waals surface area contributed by atoms with Gasteiger partial charge in [0.15, 0.2) is 0 Å². The molecule has 2 aromatic rings. The maximum atomic E-state index is 11.4. The second-order valence-electron chi connectivity index (χ2n) is 7.22. The van der Waals surface area contributed by atoms with Crippen LogP contribution >= 0.6 is 0 Å². The Kier molecular flexibility index (Phi) is 2.51. The summed E-state index contributed by atoms with van der Waals surface area (Å²) in [6.07, 6.45) is 3.61. The average Bonchev–Trinajstić information content (AvgIpc) is 3.31. The maximum Gasteiger partial charge on any atom is 0.337 e. The van der Waals surface area contributed by atoms with Gasteiger partial charge in [0.1, 0.15) is 11.3 Å². The first-order valence-corrected chi connectivity index (χ1v) is 7.70. The number of aromatic carboxylic acids is 1. The standard InChI is InChI=1S/C17H20N2O2/c1-17(2)8-11(17)9-19-13-5-3-4-12(16(20)21)14(13)18-15(19)10-6-7-10/h3-5,10-11H,6-9H2,1-2H3,(H,20,21). The molecule has 1 N–H and O–H groups in total. The van der Waals surface area contributed by atoms with Crippen LogP contribution in [0.5, 0.6) is 0 Å². The van der Waals surface area contributed by atoms with E-state index < -0.39 is 5.97 Å². The van der Waals surface area contributed by atoms with E-state index in [-0.39, 0.29) is 0 Å². The van der Waals surface area contributed by atoms with E-state index in [0.717, 1.165) is 17.9 Å². The fraction of sp³-hybridized carbons (Fsp3) is 0.529. The predicted molar refractivity (Wildman–Crippen MR) is 80.6 cm³/mol. The summed E-state index contributed by atoms with van der Waals surface area (Å²) < 4.78 is 2.29. The second-order valence-corrected chi connectivity index (χ2v) is 7.22. The van der Waals surface area contributed by atoms with Crippen molar-refractivity contribution in [2.45, 2.75) is 45.6 Å². The molecular formula is C17H20N2O2. The lowest BCUT2D eigenvalue weighted by Crippen LogP contribution is -2.07. The molecule has 4 rings (SSSR count). The van der Waals surface area contributed by atoms with Gasteiger partial charge in [-0.3, -0.25) is 0 Å². The van der Waals surface area contributed by atoms with Crippen LogP contribution < -0.4 is 0 Å². The van der Waals surface area contributed by atoms with Gasteiger partial charge >= 0.3 is 5.97 Å². The first kappa shape index (κ1) is 12.9. The van der Waals surface area contributed by atoms with Gasteiger partial charge in [-0.2, -0.15) is 0 Å². The van der Waals surface area contributed by atoms with Crippen LogP contribution in [0, 0.1) is 11.3 Å². The van der Waals surface area contributed by atoms with Crippen LogP contribution in [0.4, 0.5) is 0 Å². The lowest BCUT2D eigenvalue weighted by Gasteiger charge is -2.10. The van der Waals surface area contributed by atoms with Crippen molar-refractivity contribution in [2.75, 3.05) is 0 Å². The molecule has 1 heterocycles.